The van der Waals surface area contributed by atoms with Crippen molar-refractivity contribution in [3.8, 4) is 11.5 Å². The number of hydrogen-bond acceptors (Lipinski definition) is 5. The predicted molar refractivity (Wildman–Crippen MR) is 116 cm³/mol. The average molecular weight is 431 g/mol. The molecular formula is C24H34N2O5. The molecule has 3 atom stereocenters. The van der Waals surface area contributed by atoms with Gasteiger partial charge in [-0.2, -0.15) is 0 Å². The van der Waals surface area contributed by atoms with E-state index in [1.807, 2.05) is 39.0 Å². The molecule has 2 saturated carbocycles. The van der Waals surface area contributed by atoms with Gasteiger partial charge in [-0.05, 0) is 69.6 Å². The number of hydrogen-bond donors (Lipinski definition) is 2. The summed E-state index contributed by atoms with van der Waals surface area (Å²) in [6.45, 7) is 7.04. The number of alkyl carbamates (subject to hydrolysis) is 1. The van der Waals surface area contributed by atoms with Crippen LogP contribution in [0.15, 0.2) is 18.2 Å². The SMILES string of the molecule is CC(C)(C)OC(=O)NC[C@H](NC(=O)[C@@H]1C[C@@H]1c1ccc2c(c1)OCCO2)C1CCCC1. The molecule has 0 saturated heterocycles. The number of nitrogens with one attached hydrogen (secondary N) is 2. The topological polar surface area (TPSA) is 85.9 Å². The maximum absolute atomic E-state index is 13.0. The van der Waals surface area contributed by atoms with Gasteiger partial charge in [-0.25, -0.2) is 4.79 Å². The molecule has 4 rings (SSSR count). The fourth-order valence-electron chi connectivity index (χ4n) is 4.64. The molecule has 3 aliphatic rings. The molecule has 1 aromatic rings. The molecule has 2 N–H and O–H groups in total. The van der Waals surface area contributed by atoms with Crippen molar-refractivity contribution in [1.82, 2.24) is 10.6 Å². The number of rotatable bonds is 6. The van der Waals surface area contributed by atoms with Crippen LogP contribution in [0.2, 0.25) is 0 Å². The molecule has 2 amide bonds. The second kappa shape index (κ2) is 8.97. The maximum Gasteiger partial charge on any atom is 0.407 e. The first-order valence-electron chi connectivity index (χ1n) is 11.5. The van der Waals surface area contributed by atoms with Crippen LogP contribution in [0.1, 0.15) is 64.4 Å². The summed E-state index contributed by atoms with van der Waals surface area (Å²) in [5.74, 6) is 2.17. The van der Waals surface area contributed by atoms with Gasteiger partial charge in [-0.1, -0.05) is 18.9 Å². The van der Waals surface area contributed by atoms with E-state index in [-0.39, 0.29) is 23.8 Å². The largest absolute Gasteiger partial charge is 0.486 e. The van der Waals surface area contributed by atoms with Gasteiger partial charge in [0.2, 0.25) is 5.91 Å². The third kappa shape index (κ3) is 5.63. The van der Waals surface area contributed by atoms with Crippen LogP contribution in [-0.2, 0) is 9.53 Å². The van der Waals surface area contributed by atoms with Gasteiger partial charge in [0.1, 0.15) is 18.8 Å². The van der Waals surface area contributed by atoms with Crippen LogP contribution in [0.5, 0.6) is 11.5 Å². The molecule has 170 valence electrons. The molecule has 0 unspecified atom stereocenters. The minimum absolute atomic E-state index is 0.0343. The van der Waals surface area contributed by atoms with E-state index >= 15 is 0 Å². The second-order valence-electron chi connectivity index (χ2n) is 9.89. The number of amides is 2. The Balaban J connectivity index is 1.34. The van der Waals surface area contributed by atoms with Crippen molar-refractivity contribution in [3.63, 3.8) is 0 Å². The standard InChI is InChI=1S/C24H34N2O5/c1-24(2,3)31-23(28)25-14-19(15-6-4-5-7-15)26-22(27)18-13-17(18)16-8-9-20-21(12-16)30-11-10-29-20/h8-9,12,15,17-19H,4-7,10-11,13-14H2,1-3H3,(H,25,28)(H,26,27)/t17-,18-,19+/m1/s1. The summed E-state index contributed by atoms with van der Waals surface area (Å²) < 4.78 is 16.6. The number of carbonyl (C=O) groups excluding carboxylic acids is 2. The van der Waals surface area contributed by atoms with Gasteiger partial charge in [0, 0.05) is 18.5 Å². The number of benzene rings is 1. The summed E-state index contributed by atoms with van der Waals surface area (Å²) in [4.78, 5) is 25.1. The quantitative estimate of drug-likeness (QED) is 0.718. The van der Waals surface area contributed by atoms with Gasteiger partial charge >= 0.3 is 6.09 Å². The van der Waals surface area contributed by atoms with Crippen LogP contribution in [0.4, 0.5) is 4.79 Å². The van der Waals surface area contributed by atoms with Crippen molar-refractivity contribution in [1.29, 1.82) is 0 Å². The number of fused-ring (bicyclic) bond motifs is 1. The van der Waals surface area contributed by atoms with Crippen molar-refractivity contribution in [2.24, 2.45) is 11.8 Å². The van der Waals surface area contributed by atoms with Crippen LogP contribution in [0.3, 0.4) is 0 Å². The molecule has 1 heterocycles. The Hall–Kier alpha value is -2.44. The van der Waals surface area contributed by atoms with Crippen molar-refractivity contribution in [3.05, 3.63) is 23.8 Å². The summed E-state index contributed by atoms with van der Waals surface area (Å²) in [7, 11) is 0. The Labute approximate surface area is 184 Å². The van der Waals surface area contributed by atoms with Crippen LogP contribution >= 0.6 is 0 Å². The van der Waals surface area contributed by atoms with E-state index in [1.165, 1.54) is 12.8 Å². The first-order chi connectivity index (χ1) is 14.8. The fraction of sp³-hybridized carbons (Fsp3) is 0.667. The van der Waals surface area contributed by atoms with Crippen LogP contribution < -0.4 is 20.1 Å². The lowest BCUT2D eigenvalue weighted by Gasteiger charge is -2.26. The Morgan fingerprint density at radius 1 is 1.13 bits per heavy atom. The molecule has 2 fully saturated rings. The molecule has 1 aliphatic heterocycles. The van der Waals surface area contributed by atoms with Crippen LogP contribution in [0, 0.1) is 11.8 Å². The molecule has 0 radical (unpaired) electrons. The molecule has 0 aromatic heterocycles. The Morgan fingerprint density at radius 3 is 2.55 bits per heavy atom. The molecule has 2 aliphatic carbocycles. The first-order valence-corrected chi connectivity index (χ1v) is 11.5. The van der Waals surface area contributed by atoms with Crippen molar-refractivity contribution in [2.75, 3.05) is 19.8 Å². The summed E-state index contributed by atoms with van der Waals surface area (Å²) in [6.07, 6.45) is 4.90. The van der Waals surface area contributed by atoms with Gasteiger partial charge in [0.15, 0.2) is 11.5 Å². The molecule has 7 heteroatoms. The highest BCUT2D eigenvalue weighted by molar-refractivity contribution is 5.83. The van der Waals surface area contributed by atoms with E-state index in [0.29, 0.717) is 25.7 Å². The Morgan fingerprint density at radius 2 is 1.84 bits per heavy atom. The van der Waals surface area contributed by atoms with E-state index < -0.39 is 11.7 Å². The zero-order valence-corrected chi connectivity index (χ0v) is 18.7. The third-order valence-electron chi connectivity index (χ3n) is 6.28. The lowest BCUT2D eigenvalue weighted by atomic mass is 9.97. The molecule has 0 spiro atoms. The first kappa shape index (κ1) is 21.8. The van der Waals surface area contributed by atoms with E-state index in [0.717, 1.165) is 36.3 Å². The molecular weight excluding hydrogens is 396 g/mol. The van der Waals surface area contributed by atoms with Gasteiger partial charge in [-0.15, -0.1) is 0 Å². The summed E-state index contributed by atoms with van der Waals surface area (Å²) in [5, 5.41) is 6.09. The Bertz CT molecular complexity index is 813. The maximum atomic E-state index is 13.0. The second-order valence-corrected chi connectivity index (χ2v) is 9.89. The van der Waals surface area contributed by atoms with E-state index in [9.17, 15) is 9.59 Å². The Kier molecular flexibility index (Phi) is 6.30. The molecule has 1 aromatic carbocycles. The van der Waals surface area contributed by atoms with Crippen LogP contribution in [0.25, 0.3) is 0 Å². The zero-order valence-electron chi connectivity index (χ0n) is 18.7. The van der Waals surface area contributed by atoms with Gasteiger partial charge in [0.05, 0.1) is 0 Å². The van der Waals surface area contributed by atoms with Gasteiger partial charge in [0.25, 0.3) is 0 Å². The fourth-order valence-corrected chi connectivity index (χ4v) is 4.64. The van der Waals surface area contributed by atoms with Gasteiger partial charge in [-0.3, -0.25) is 4.79 Å². The lowest BCUT2D eigenvalue weighted by Crippen LogP contribution is -2.48. The lowest BCUT2D eigenvalue weighted by molar-refractivity contribution is -0.123. The van der Waals surface area contributed by atoms with Crippen molar-refractivity contribution < 1.29 is 23.8 Å². The molecule has 31 heavy (non-hydrogen) atoms. The van der Waals surface area contributed by atoms with E-state index in [2.05, 4.69) is 10.6 Å². The van der Waals surface area contributed by atoms with E-state index in [4.69, 9.17) is 14.2 Å². The summed E-state index contributed by atoms with van der Waals surface area (Å²) >= 11 is 0. The van der Waals surface area contributed by atoms with Crippen molar-refractivity contribution in [2.45, 2.75) is 70.4 Å². The molecule has 0 bridgehead atoms. The summed E-state index contributed by atoms with van der Waals surface area (Å²) in [5.41, 5.74) is 0.579. The van der Waals surface area contributed by atoms with Crippen molar-refractivity contribution >= 4 is 12.0 Å². The highest BCUT2D eigenvalue weighted by Gasteiger charge is 2.45. The number of carbonyl (C=O) groups is 2. The minimum atomic E-state index is -0.541. The normalized spacial score (nSPS) is 23.7. The zero-order chi connectivity index (χ0) is 22.0. The average Bonchev–Trinajstić information content (AvgIpc) is 3.34. The van der Waals surface area contributed by atoms with Gasteiger partial charge < -0.3 is 24.8 Å². The minimum Gasteiger partial charge on any atom is -0.486 e. The predicted octanol–water partition coefficient (Wildman–Crippen LogP) is 3.76. The summed E-state index contributed by atoms with van der Waals surface area (Å²) in [6, 6.07) is 5.90. The monoisotopic (exact) mass is 430 g/mol. The van der Waals surface area contributed by atoms with Crippen LogP contribution in [-0.4, -0.2) is 43.4 Å². The highest BCUT2D eigenvalue weighted by atomic mass is 16.6. The number of ether oxygens (including phenoxy) is 3. The highest BCUT2D eigenvalue weighted by Crippen LogP contribution is 2.49. The molecule has 7 nitrogen and oxygen atoms in total. The van der Waals surface area contributed by atoms with E-state index in [1.54, 1.807) is 0 Å². The third-order valence-corrected chi connectivity index (χ3v) is 6.28. The smallest absolute Gasteiger partial charge is 0.407 e.